The molecule has 1 aliphatic heterocycles. The van der Waals surface area contributed by atoms with Gasteiger partial charge in [0.1, 0.15) is 18.0 Å². The minimum Gasteiger partial charge on any atom is -0.480 e. The van der Waals surface area contributed by atoms with Crippen LogP contribution in [0.2, 0.25) is 0 Å². The van der Waals surface area contributed by atoms with Gasteiger partial charge >= 0.3 is 0 Å². The first-order valence-electron chi connectivity index (χ1n) is 7.10. The number of morpholine rings is 1. The second kappa shape index (κ2) is 6.97. The molecule has 2 aromatic rings. The topological polar surface area (TPSA) is 102 Å². The van der Waals surface area contributed by atoms with Gasteiger partial charge in [0.25, 0.3) is 5.91 Å². The number of carbonyl (C=O) groups is 1. The molecule has 0 aliphatic carbocycles. The first-order chi connectivity index (χ1) is 11.3. The van der Waals surface area contributed by atoms with Crippen LogP contribution >= 0.6 is 0 Å². The molecule has 1 fully saturated rings. The van der Waals surface area contributed by atoms with Crippen molar-refractivity contribution in [2.24, 2.45) is 0 Å². The van der Waals surface area contributed by atoms with Crippen molar-refractivity contribution >= 4 is 17.5 Å². The van der Waals surface area contributed by atoms with Crippen molar-refractivity contribution in [2.75, 3.05) is 43.6 Å². The SMILES string of the molecule is COc1ccc(C(=O)Nc2cc(N3CCOCC3)ncn2)nn1. The molecule has 1 aliphatic rings. The van der Waals surface area contributed by atoms with Crippen molar-refractivity contribution in [3.63, 3.8) is 0 Å². The molecule has 0 spiro atoms. The molecule has 0 aromatic carbocycles. The monoisotopic (exact) mass is 316 g/mol. The number of hydrogen-bond acceptors (Lipinski definition) is 8. The van der Waals surface area contributed by atoms with Gasteiger partial charge in [0, 0.05) is 25.2 Å². The number of methoxy groups -OCH3 is 1. The fraction of sp³-hybridized carbons (Fsp3) is 0.357. The van der Waals surface area contributed by atoms with Crippen LogP contribution in [0.15, 0.2) is 24.5 Å². The van der Waals surface area contributed by atoms with Crippen LogP contribution in [0.25, 0.3) is 0 Å². The summed E-state index contributed by atoms with van der Waals surface area (Å²) in [4.78, 5) is 22.5. The molecular formula is C14H16N6O3. The molecule has 2 aromatic heterocycles. The van der Waals surface area contributed by atoms with Gasteiger partial charge in [-0.2, -0.15) is 0 Å². The highest BCUT2D eigenvalue weighted by Crippen LogP contribution is 2.16. The lowest BCUT2D eigenvalue weighted by Gasteiger charge is -2.27. The van der Waals surface area contributed by atoms with Crippen LogP contribution in [-0.2, 0) is 4.74 Å². The van der Waals surface area contributed by atoms with E-state index < -0.39 is 5.91 Å². The Labute approximate surface area is 132 Å². The lowest BCUT2D eigenvalue weighted by atomic mass is 10.3. The second-order valence-corrected chi connectivity index (χ2v) is 4.78. The largest absolute Gasteiger partial charge is 0.480 e. The van der Waals surface area contributed by atoms with Gasteiger partial charge < -0.3 is 19.7 Å². The molecule has 0 saturated carbocycles. The Morgan fingerprint density at radius 3 is 2.78 bits per heavy atom. The van der Waals surface area contributed by atoms with Gasteiger partial charge in [-0.3, -0.25) is 4.79 Å². The molecule has 23 heavy (non-hydrogen) atoms. The summed E-state index contributed by atoms with van der Waals surface area (Å²) in [6, 6.07) is 4.83. The Morgan fingerprint density at radius 1 is 1.26 bits per heavy atom. The standard InChI is InChI=1S/C14H16N6O3/c1-22-13-3-2-10(18-19-13)14(21)17-11-8-12(16-9-15-11)20-4-6-23-7-5-20/h2-3,8-9H,4-7H2,1H3,(H,15,16,17,21). The average molecular weight is 316 g/mol. The van der Waals surface area contributed by atoms with Gasteiger partial charge in [-0.1, -0.05) is 0 Å². The number of nitrogens with one attached hydrogen (secondary N) is 1. The first kappa shape index (κ1) is 15.1. The molecule has 1 saturated heterocycles. The Kier molecular flexibility index (Phi) is 4.57. The van der Waals surface area contributed by atoms with Crippen LogP contribution in [0.4, 0.5) is 11.6 Å². The molecule has 0 bridgehead atoms. The van der Waals surface area contributed by atoms with E-state index in [0.29, 0.717) is 24.9 Å². The maximum atomic E-state index is 12.2. The Morgan fingerprint density at radius 2 is 2.09 bits per heavy atom. The van der Waals surface area contributed by atoms with Crippen LogP contribution in [-0.4, -0.2) is 59.5 Å². The summed E-state index contributed by atoms with van der Waals surface area (Å²) < 4.78 is 10.2. The van der Waals surface area contributed by atoms with E-state index in [0.717, 1.165) is 18.9 Å². The Balaban J connectivity index is 1.70. The number of aromatic nitrogens is 4. The molecule has 9 heteroatoms. The van der Waals surface area contributed by atoms with E-state index in [2.05, 4.69) is 30.4 Å². The van der Waals surface area contributed by atoms with Crippen molar-refractivity contribution < 1.29 is 14.3 Å². The highest BCUT2D eigenvalue weighted by Gasteiger charge is 2.15. The number of anilines is 2. The smallest absolute Gasteiger partial charge is 0.277 e. The van der Waals surface area contributed by atoms with E-state index in [1.54, 1.807) is 12.1 Å². The van der Waals surface area contributed by atoms with Gasteiger partial charge in [-0.15, -0.1) is 10.2 Å². The normalized spacial score (nSPS) is 14.4. The number of amides is 1. The van der Waals surface area contributed by atoms with E-state index in [-0.39, 0.29) is 5.69 Å². The highest BCUT2D eigenvalue weighted by atomic mass is 16.5. The molecule has 0 unspecified atom stereocenters. The summed E-state index contributed by atoms with van der Waals surface area (Å²) in [5.74, 6) is 1.11. The van der Waals surface area contributed by atoms with Gasteiger partial charge in [0.2, 0.25) is 5.88 Å². The third-order valence-electron chi connectivity index (χ3n) is 3.31. The van der Waals surface area contributed by atoms with Gasteiger partial charge in [-0.05, 0) is 6.07 Å². The van der Waals surface area contributed by atoms with Crippen LogP contribution in [0.3, 0.4) is 0 Å². The lowest BCUT2D eigenvalue weighted by Crippen LogP contribution is -2.36. The van der Waals surface area contributed by atoms with Crippen molar-refractivity contribution in [3.05, 3.63) is 30.2 Å². The number of hydrogen-bond donors (Lipinski definition) is 1. The van der Waals surface area contributed by atoms with Crippen LogP contribution in [0.1, 0.15) is 10.5 Å². The van der Waals surface area contributed by atoms with Crippen LogP contribution in [0.5, 0.6) is 5.88 Å². The summed E-state index contributed by atoms with van der Waals surface area (Å²) >= 11 is 0. The van der Waals surface area contributed by atoms with Crippen LogP contribution in [0, 0.1) is 0 Å². The van der Waals surface area contributed by atoms with Crippen LogP contribution < -0.4 is 15.0 Å². The minimum atomic E-state index is -0.396. The van der Waals surface area contributed by atoms with E-state index >= 15 is 0 Å². The summed E-state index contributed by atoms with van der Waals surface area (Å²) in [6.07, 6.45) is 1.42. The maximum Gasteiger partial charge on any atom is 0.277 e. The zero-order valence-corrected chi connectivity index (χ0v) is 12.6. The first-order valence-corrected chi connectivity index (χ1v) is 7.10. The van der Waals surface area contributed by atoms with Crippen molar-refractivity contribution in [2.45, 2.75) is 0 Å². The quantitative estimate of drug-likeness (QED) is 0.863. The summed E-state index contributed by atoms with van der Waals surface area (Å²) in [6.45, 7) is 2.84. The van der Waals surface area contributed by atoms with Crippen molar-refractivity contribution in [3.8, 4) is 5.88 Å². The number of ether oxygens (including phenoxy) is 2. The molecule has 9 nitrogen and oxygen atoms in total. The number of carbonyl (C=O) groups excluding carboxylic acids is 1. The predicted octanol–water partition coefficient (Wildman–Crippen LogP) is 0.364. The zero-order chi connectivity index (χ0) is 16.1. The molecule has 3 heterocycles. The highest BCUT2D eigenvalue weighted by molar-refractivity contribution is 6.02. The van der Waals surface area contributed by atoms with Crippen molar-refractivity contribution in [1.82, 2.24) is 20.2 Å². The van der Waals surface area contributed by atoms with E-state index in [1.807, 2.05) is 0 Å². The molecule has 3 rings (SSSR count). The predicted molar refractivity (Wildman–Crippen MR) is 81.6 cm³/mol. The number of nitrogens with zero attached hydrogens (tertiary/aromatic N) is 5. The lowest BCUT2D eigenvalue weighted by molar-refractivity contribution is 0.102. The van der Waals surface area contributed by atoms with Gasteiger partial charge in [0.05, 0.1) is 20.3 Å². The van der Waals surface area contributed by atoms with E-state index in [9.17, 15) is 4.79 Å². The molecule has 120 valence electrons. The Bertz CT molecular complexity index is 672. The summed E-state index contributed by atoms with van der Waals surface area (Å²) in [7, 11) is 1.48. The van der Waals surface area contributed by atoms with Gasteiger partial charge in [0.15, 0.2) is 5.69 Å². The fourth-order valence-corrected chi connectivity index (χ4v) is 2.11. The second-order valence-electron chi connectivity index (χ2n) is 4.78. The number of rotatable bonds is 4. The molecule has 0 radical (unpaired) electrons. The van der Waals surface area contributed by atoms with E-state index in [1.165, 1.54) is 19.5 Å². The average Bonchev–Trinajstić information content (AvgIpc) is 2.63. The third kappa shape index (κ3) is 3.69. The summed E-state index contributed by atoms with van der Waals surface area (Å²) in [5, 5.41) is 10.2. The van der Waals surface area contributed by atoms with E-state index in [4.69, 9.17) is 9.47 Å². The fourth-order valence-electron chi connectivity index (χ4n) is 2.11. The molecule has 1 amide bonds. The Hall–Kier alpha value is -2.81. The maximum absolute atomic E-state index is 12.2. The van der Waals surface area contributed by atoms with Gasteiger partial charge in [-0.25, -0.2) is 9.97 Å². The molecule has 0 atom stereocenters. The molecular weight excluding hydrogens is 300 g/mol. The minimum absolute atomic E-state index is 0.178. The summed E-state index contributed by atoms with van der Waals surface area (Å²) in [5.41, 5.74) is 0.178. The third-order valence-corrected chi connectivity index (χ3v) is 3.31. The molecule has 1 N–H and O–H groups in total. The zero-order valence-electron chi connectivity index (χ0n) is 12.6. The van der Waals surface area contributed by atoms with Crippen molar-refractivity contribution in [1.29, 1.82) is 0 Å².